The normalized spacial score (nSPS) is 14.3. The largest absolute Gasteiger partial charge is 0.478 e. The summed E-state index contributed by atoms with van der Waals surface area (Å²) >= 11 is 0. The Morgan fingerprint density at radius 1 is 0.686 bits per heavy atom. The lowest BCUT2D eigenvalue weighted by atomic mass is 9.81. The first kappa shape index (κ1) is 20.7. The number of rotatable bonds is 2. The Balaban J connectivity index is 1.63. The molecule has 168 valence electrons. The van der Waals surface area contributed by atoms with E-state index in [0.29, 0.717) is 5.56 Å². The molecule has 0 saturated heterocycles. The van der Waals surface area contributed by atoms with Gasteiger partial charge in [-0.1, -0.05) is 42.5 Å². The number of aromatic carboxylic acids is 1. The molecular formula is C28H15NO6. The first-order valence-electron chi connectivity index (χ1n) is 10.8. The van der Waals surface area contributed by atoms with Gasteiger partial charge in [-0.2, -0.15) is 0 Å². The Bertz CT molecular complexity index is 1690. The van der Waals surface area contributed by atoms with Crippen LogP contribution in [-0.4, -0.2) is 34.5 Å². The second-order valence-corrected chi connectivity index (χ2v) is 8.50. The quantitative estimate of drug-likeness (QED) is 0.390. The van der Waals surface area contributed by atoms with Gasteiger partial charge in [0.05, 0.1) is 16.8 Å². The SMILES string of the molecule is Cc1ccc2c(c1N1C(=O)c3cccc4c(C(=O)O)ccc(c34)C1=O)C(=O)c1ccccc1C2=O. The van der Waals surface area contributed by atoms with Crippen molar-refractivity contribution in [3.63, 3.8) is 0 Å². The van der Waals surface area contributed by atoms with E-state index in [9.17, 15) is 29.1 Å². The van der Waals surface area contributed by atoms with Gasteiger partial charge in [-0.25, -0.2) is 9.69 Å². The third-order valence-corrected chi connectivity index (χ3v) is 6.63. The Morgan fingerprint density at radius 2 is 1.29 bits per heavy atom. The fourth-order valence-corrected chi connectivity index (χ4v) is 5.05. The monoisotopic (exact) mass is 461 g/mol. The van der Waals surface area contributed by atoms with Gasteiger partial charge in [0.1, 0.15) is 0 Å². The van der Waals surface area contributed by atoms with Crippen molar-refractivity contribution in [3.05, 3.63) is 111 Å². The molecule has 2 amide bonds. The lowest BCUT2D eigenvalue weighted by Gasteiger charge is -2.31. The minimum absolute atomic E-state index is 0.00758. The van der Waals surface area contributed by atoms with Crippen LogP contribution in [0.1, 0.15) is 68.5 Å². The number of ketones is 2. The molecule has 0 spiro atoms. The summed E-state index contributed by atoms with van der Waals surface area (Å²) in [6, 6.07) is 16.9. The van der Waals surface area contributed by atoms with Crippen LogP contribution >= 0.6 is 0 Å². The lowest BCUT2D eigenvalue weighted by molar-refractivity contribution is 0.0697. The number of carboxylic acid groups (broad SMARTS) is 1. The molecule has 2 aliphatic rings. The topological polar surface area (TPSA) is 109 Å². The zero-order valence-electron chi connectivity index (χ0n) is 18.3. The van der Waals surface area contributed by atoms with E-state index in [1.54, 1.807) is 49.4 Å². The third-order valence-electron chi connectivity index (χ3n) is 6.63. The van der Waals surface area contributed by atoms with E-state index in [0.717, 1.165) is 4.90 Å². The molecule has 1 aliphatic heterocycles. The molecule has 0 saturated carbocycles. The molecule has 35 heavy (non-hydrogen) atoms. The number of imide groups is 1. The van der Waals surface area contributed by atoms with Crippen LogP contribution < -0.4 is 4.90 Å². The van der Waals surface area contributed by atoms with E-state index in [2.05, 4.69) is 0 Å². The van der Waals surface area contributed by atoms with Crippen molar-refractivity contribution < 1.29 is 29.1 Å². The molecule has 1 aliphatic carbocycles. The Kier molecular flexibility index (Phi) is 4.16. The highest BCUT2D eigenvalue weighted by atomic mass is 16.4. The number of hydrogen-bond acceptors (Lipinski definition) is 5. The maximum Gasteiger partial charge on any atom is 0.336 e. The van der Waals surface area contributed by atoms with Crippen molar-refractivity contribution in [3.8, 4) is 0 Å². The van der Waals surface area contributed by atoms with Crippen LogP contribution in [0.5, 0.6) is 0 Å². The number of carbonyl (C=O) groups is 5. The highest BCUT2D eigenvalue weighted by Crippen LogP contribution is 2.40. The molecule has 4 aromatic carbocycles. The maximum absolute atomic E-state index is 13.7. The van der Waals surface area contributed by atoms with Gasteiger partial charge in [0.15, 0.2) is 11.6 Å². The van der Waals surface area contributed by atoms with Crippen molar-refractivity contribution in [2.75, 3.05) is 4.90 Å². The van der Waals surface area contributed by atoms with E-state index in [4.69, 9.17) is 0 Å². The second-order valence-electron chi connectivity index (χ2n) is 8.50. The third kappa shape index (κ3) is 2.63. The van der Waals surface area contributed by atoms with Crippen molar-refractivity contribution in [1.29, 1.82) is 0 Å². The van der Waals surface area contributed by atoms with Gasteiger partial charge < -0.3 is 5.11 Å². The van der Waals surface area contributed by atoms with E-state index in [1.165, 1.54) is 24.3 Å². The van der Waals surface area contributed by atoms with Gasteiger partial charge in [-0.05, 0) is 42.1 Å². The fourth-order valence-electron chi connectivity index (χ4n) is 5.05. The summed E-state index contributed by atoms with van der Waals surface area (Å²) in [7, 11) is 0. The predicted octanol–water partition coefficient (Wildman–Crippen LogP) is 4.42. The molecule has 6 rings (SSSR count). The summed E-state index contributed by atoms with van der Waals surface area (Å²) in [6.45, 7) is 1.66. The number of fused-ring (bicyclic) bond motifs is 2. The van der Waals surface area contributed by atoms with Crippen LogP contribution in [0.2, 0.25) is 0 Å². The Morgan fingerprint density at radius 3 is 1.97 bits per heavy atom. The highest BCUT2D eigenvalue weighted by Gasteiger charge is 2.40. The van der Waals surface area contributed by atoms with Crippen molar-refractivity contribution in [2.24, 2.45) is 0 Å². The number of benzene rings is 4. The number of carbonyl (C=O) groups excluding carboxylic acids is 4. The number of amides is 2. The first-order chi connectivity index (χ1) is 16.8. The molecule has 0 radical (unpaired) electrons. The number of nitrogens with zero attached hydrogens (tertiary/aromatic N) is 1. The molecule has 0 bridgehead atoms. The van der Waals surface area contributed by atoms with Gasteiger partial charge >= 0.3 is 5.97 Å². The number of hydrogen-bond donors (Lipinski definition) is 1. The van der Waals surface area contributed by atoms with Crippen LogP contribution in [0, 0.1) is 6.92 Å². The van der Waals surface area contributed by atoms with Gasteiger partial charge in [0, 0.05) is 33.2 Å². The Labute approximate surface area is 198 Å². The van der Waals surface area contributed by atoms with Gasteiger partial charge in [0.25, 0.3) is 11.8 Å². The molecule has 0 unspecified atom stereocenters. The average molecular weight is 461 g/mol. The van der Waals surface area contributed by atoms with Crippen molar-refractivity contribution in [2.45, 2.75) is 6.92 Å². The predicted molar refractivity (Wildman–Crippen MR) is 127 cm³/mol. The first-order valence-corrected chi connectivity index (χ1v) is 10.8. The summed E-state index contributed by atoms with van der Waals surface area (Å²) in [4.78, 5) is 66.9. The minimum Gasteiger partial charge on any atom is -0.478 e. The Hall–Kier alpha value is -4.91. The van der Waals surface area contributed by atoms with E-state index < -0.39 is 23.6 Å². The van der Waals surface area contributed by atoms with Crippen LogP contribution in [-0.2, 0) is 0 Å². The molecule has 7 heteroatoms. The maximum atomic E-state index is 13.7. The fraction of sp³-hybridized carbons (Fsp3) is 0.0357. The standard InChI is InChI=1S/C28H15NO6/c1-13-9-10-18-22(25(31)16-6-3-2-5-15(16)24(18)30)23(13)29-26(32)19-8-4-7-14-17(28(34)35)11-12-20(21(14)19)27(29)33/h2-12H,1H3,(H,34,35). The average Bonchev–Trinajstić information content (AvgIpc) is 2.86. The molecular weight excluding hydrogens is 446 g/mol. The van der Waals surface area contributed by atoms with Gasteiger partial charge in [-0.15, -0.1) is 0 Å². The van der Waals surface area contributed by atoms with Crippen molar-refractivity contribution in [1.82, 2.24) is 0 Å². The summed E-state index contributed by atoms with van der Waals surface area (Å²) in [5, 5.41) is 10.1. The smallest absolute Gasteiger partial charge is 0.336 e. The lowest BCUT2D eigenvalue weighted by Crippen LogP contribution is -2.42. The van der Waals surface area contributed by atoms with Gasteiger partial charge in [-0.3, -0.25) is 19.2 Å². The van der Waals surface area contributed by atoms with Crippen LogP contribution in [0.4, 0.5) is 5.69 Å². The van der Waals surface area contributed by atoms with E-state index in [-0.39, 0.29) is 61.2 Å². The molecule has 7 nitrogen and oxygen atoms in total. The van der Waals surface area contributed by atoms with E-state index in [1.807, 2.05) is 0 Å². The van der Waals surface area contributed by atoms with Gasteiger partial charge in [0.2, 0.25) is 0 Å². The molecule has 0 fully saturated rings. The van der Waals surface area contributed by atoms with Crippen LogP contribution in [0.15, 0.2) is 66.7 Å². The zero-order valence-corrected chi connectivity index (χ0v) is 18.3. The van der Waals surface area contributed by atoms with Crippen LogP contribution in [0.3, 0.4) is 0 Å². The summed E-state index contributed by atoms with van der Waals surface area (Å²) in [5.41, 5.74) is 1.42. The molecule has 4 aromatic rings. The van der Waals surface area contributed by atoms with E-state index >= 15 is 0 Å². The molecule has 0 atom stereocenters. The molecule has 1 heterocycles. The highest BCUT2D eigenvalue weighted by molar-refractivity contribution is 6.39. The van der Waals surface area contributed by atoms with Crippen molar-refractivity contribution >= 4 is 45.8 Å². The number of aryl methyl sites for hydroxylation is 1. The van der Waals surface area contributed by atoms with Crippen LogP contribution in [0.25, 0.3) is 10.8 Å². The number of carboxylic acids is 1. The zero-order chi connectivity index (χ0) is 24.6. The summed E-state index contributed by atoms with van der Waals surface area (Å²) in [5.74, 6) is -3.36. The summed E-state index contributed by atoms with van der Waals surface area (Å²) < 4.78 is 0. The molecule has 1 N–H and O–H groups in total. The summed E-state index contributed by atoms with van der Waals surface area (Å²) in [6.07, 6.45) is 0. The second kappa shape index (κ2) is 7.04. The minimum atomic E-state index is -1.17. The number of anilines is 1. The molecule has 0 aromatic heterocycles.